The number of carbonyl (C=O) groups is 2. The third kappa shape index (κ3) is 3.93. The fourth-order valence-corrected chi connectivity index (χ4v) is 6.37. The number of nitrogens with zero attached hydrogens (tertiary/aromatic N) is 1. The molecule has 166 valence electrons. The second-order valence-corrected chi connectivity index (χ2v) is 10.1. The average molecular weight is 422 g/mol. The van der Waals surface area contributed by atoms with Crippen molar-refractivity contribution in [2.24, 2.45) is 29.1 Å². The van der Waals surface area contributed by atoms with Crippen molar-refractivity contribution in [3.05, 3.63) is 42.0 Å². The second kappa shape index (κ2) is 8.42. The van der Waals surface area contributed by atoms with Crippen molar-refractivity contribution in [1.29, 1.82) is 0 Å². The summed E-state index contributed by atoms with van der Waals surface area (Å²) >= 11 is 0. The Labute approximate surface area is 185 Å². The Bertz CT molecular complexity index is 852. The van der Waals surface area contributed by atoms with Gasteiger partial charge >= 0.3 is 0 Å². The van der Waals surface area contributed by atoms with E-state index in [4.69, 9.17) is 0 Å². The Morgan fingerprint density at radius 1 is 0.968 bits per heavy atom. The highest BCUT2D eigenvalue weighted by molar-refractivity contribution is 5.97. The molecule has 1 heterocycles. The number of amides is 2. The molecule has 5 rings (SSSR count). The first-order valence-corrected chi connectivity index (χ1v) is 12.1. The van der Waals surface area contributed by atoms with Gasteiger partial charge in [0.25, 0.3) is 0 Å². The Morgan fingerprint density at radius 2 is 1.61 bits per heavy atom. The molecule has 2 bridgehead atoms. The zero-order valence-corrected chi connectivity index (χ0v) is 18.6. The van der Waals surface area contributed by atoms with Gasteiger partial charge in [-0.1, -0.05) is 29.8 Å². The maximum atomic E-state index is 13.3. The number of benzene rings is 1. The summed E-state index contributed by atoms with van der Waals surface area (Å²) in [7, 11) is 0. The highest BCUT2D eigenvalue weighted by Gasteiger charge is 2.69. The second-order valence-electron chi connectivity index (χ2n) is 10.1. The molecular weight excluding hydrogens is 386 g/mol. The van der Waals surface area contributed by atoms with Crippen LogP contribution in [0.3, 0.4) is 0 Å². The van der Waals surface area contributed by atoms with Crippen molar-refractivity contribution in [3.63, 3.8) is 0 Å². The zero-order valence-electron chi connectivity index (χ0n) is 18.6. The first-order valence-electron chi connectivity index (χ1n) is 12.1. The number of likely N-dealkylation sites (tertiary alicyclic amines) is 1. The van der Waals surface area contributed by atoms with Crippen molar-refractivity contribution in [2.45, 2.75) is 45.4 Å². The van der Waals surface area contributed by atoms with Gasteiger partial charge in [-0.2, -0.15) is 0 Å². The molecule has 2 N–H and O–H groups in total. The van der Waals surface area contributed by atoms with Crippen molar-refractivity contribution in [3.8, 4) is 0 Å². The fraction of sp³-hybridized carbons (Fsp3) is 0.615. The fourth-order valence-electron chi connectivity index (χ4n) is 6.37. The van der Waals surface area contributed by atoms with Crippen LogP contribution in [-0.2, 0) is 9.59 Å². The van der Waals surface area contributed by atoms with Crippen molar-refractivity contribution < 1.29 is 9.59 Å². The first-order chi connectivity index (χ1) is 15.1. The molecule has 1 saturated heterocycles. The van der Waals surface area contributed by atoms with Gasteiger partial charge in [0.05, 0.1) is 11.8 Å². The van der Waals surface area contributed by atoms with E-state index in [1.54, 1.807) is 0 Å². The number of aryl methyl sites for hydroxylation is 1. The minimum atomic E-state index is -0.261. The van der Waals surface area contributed by atoms with Gasteiger partial charge in [-0.3, -0.25) is 9.59 Å². The van der Waals surface area contributed by atoms with Crippen molar-refractivity contribution in [1.82, 2.24) is 10.2 Å². The van der Waals surface area contributed by atoms with E-state index in [9.17, 15) is 9.59 Å². The third-order valence-corrected chi connectivity index (χ3v) is 8.17. The van der Waals surface area contributed by atoms with Gasteiger partial charge in [-0.05, 0) is 94.5 Å². The van der Waals surface area contributed by atoms with Gasteiger partial charge in [0.15, 0.2) is 0 Å². The smallest absolute Gasteiger partial charge is 0.228 e. The van der Waals surface area contributed by atoms with Crippen LogP contribution in [0.5, 0.6) is 0 Å². The van der Waals surface area contributed by atoms with Gasteiger partial charge in [0, 0.05) is 12.2 Å². The molecule has 0 unspecified atom stereocenters. The number of hydrogen-bond donors (Lipinski definition) is 2. The number of rotatable bonds is 8. The topological polar surface area (TPSA) is 61.4 Å². The summed E-state index contributed by atoms with van der Waals surface area (Å²) in [6, 6.07) is 7.90. The van der Waals surface area contributed by atoms with Crippen LogP contribution in [0.15, 0.2) is 36.4 Å². The summed E-state index contributed by atoms with van der Waals surface area (Å²) in [4.78, 5) is 29.1. The van der Waals surface area contributed by atoms with E-state index in [1.807, 2.05) is 31.2 Å². The maximum Gasteiger partial charge on any atom is 0.228 e. The molecule has 3 fully saturated rings. The zero-order chi connectivity index (χ0) is 21.4. The van der Waals surface area contributed by atoms with E-state index >= 15 is 0 Å². The molecule has 4 aliphatic rings. The number of unbranched alkanes of at least 4 members (excludes halogenated alkanes) is 1. The molecule has 5 nitrogen and oxygen atoms in total. The van der Waals surface area contributed by atoms with E-state index < -0.39 is 0 Å². The Kier molecular flexibility index (Phi) is 5.63. The van der Waals surface area contributed by atoms with Gasteiger partial charge in [-0.25, -0.2) is 0 Å². The normalized spacial score (nSPS) is 30.1. The SMILES string of the molecule is Cc1ccc(NC(=O)[C@H]2[C@H](C(=O)NCCCCN3CCCC3)[C@H]3C=C[C@@H]2C32CC2)cc1. The Hall–Kier alpha value is -2.14. The predicted molar refractivity (Wildman–Crippen MR) is 122 cm³/mol. The van der Waals surface area contributed by atoms with Crippen LogP contribution in [0.1, 0.15) is 44.1 Å². The largest absolute Gasteiger partial charge is 0.356 e. The van der Waals surface area contributed by atoms with Crippen LogP contribution in [0.2, 0.25) is 0 Å². The van der Waals surface area contributed by atoms with Crippen LogP contribution in [0.25, 0.3) is 0 Å². The quantitative estimate of drug-likeness (QED) is 0.496. The lowest BCUT2D eigenvalue weighted by Gasteiger charge is -2.26. The maximum absolute atomic E-state index is 13.3. The van der Waals surface area contributed by atoms with E-state index in [1.165, 1.54) is 31.5 Å². The summed E-state index contributed by atoms with van der Waals surface area (Å²) in [5, 5.41) is 6.28. The molecule has 1 aromatic carbocycles. The Morgan fingerprint density at radius 3 is 2.26 bits per heavy atom. The number of hydrogen-bond acceptors (Lipinski definition) is 3. The van der Waals surface area contributed by atoms with Gasteiger partial charge < -0.3 is 15.5 Å². The molecule has 0 radical (unpaired) electrons. The molecule has 4 atom stereocenters. The monoisotopic (exact) mass is 421 g/mol. The highest BCUT2D eigenvalue weighted by atomic mass is 16.2. The van der Waals surface area contributed by atoms with Gasteiger partial charge in [-0.15, -0.1) is 0 Å². The number of nitrogens with one attached hydrogen (secondary N) is 2. The van der Waals surface area contributed by atoms with Crippen LogP contribution in [0.4, 0.5) is 5.69 Å². The molecule has 5 heteroatoms. The molecule has 2 saturated carbocycles. The van der Waals surface area contributed by atoms with Gasteiger partial charge in [0.2, 0.25) is 11.8 Å². The minimum Gasteiger partial charge on any atom is -0.356 e. The lowest BCUT2D eigenvalue weighted by atomic mass is 9.81. The summed E-state index contributed by atoms with van der Waals surface area (Å²) in [5.74, 6) is 0.00387. The summed E-state index contributed by atoms with van der Waals surface area (Å²) in [6.45, 7) is 6.34. The number of carbonyl (C=O) groups excluding carboxylic acids is 2. The van der Waals surface area contributed by atoms with Crippen LogP contribution >= 0.6 is 0 Å². The van der Waals surface area contributed by atoms with E-state index in [-0.39, 0.29) is 40.9 Å². The lowest BCUT2D eigenvalue weighted by Crippen LogP contribution is -2.42. The summed E-state index contributed by atoms with van der Waals surface area (Å²) < 4.78 is 0. The summed E-state index contributed by atoms with van der Waals surface area (Å²) in [6.07, 6.45) is 11.5. The molecule has 3 aliphatic carbocycles. The molecule has 0 aromatic heterocycles. The lowest BCUT2D eigenvalue weighted by molar-refractivity contribution is -0.132. The molecule has 2 amide bonds. The minimum absolute atomic E-state index is 0.00108. The van der Waals surface area contributed by atoms with Gasteiger partial charge in [0.1, 0.15) is 0 Å². The molecule has 31 heavy (non-hydrogen) atoms. The Balaban J connectivity index is 1.20. The average Bonchev–Trinajstić information content (AvgIpc) is 3.12. The van der Waals surface area contributed by atoms with Crippen LogP contribution in [-0.4, -0.2) is 42.9 Å². The van der Waals surface area contributed by atoms with E-state index in [2.05, 4.69) is 27.7 Å². The highest BCUT2D eigenvalue weighted by Crippen LogP contribution is 2.72. The number of anilines is 1. The van der Waals surface area contributed by atoms with Crippen LogP contribution < -0.4 is 10.6 Å². The predicted octanol–water partition coefficient (Wildman–Crippen LogP) is 3.75. The number of allylic oxidation sites excluding steroid dienone is 2. The van der Waals surface area contributed by atoms with E-state index in [0.29, 0.717) is 6.54 Å². The van der Waals surface area contributed by atoms with Crippen molar-refractivity contribution in [2.75, 3.05) is 31.5 Å². The third-order valence-electron chi connectivity index (χ3n) is 8.17. The summed E-state index contributed by atoms with van der Waals surface area (Å²) in [5.41, 5.74) is 2.15. The molecular formula is C26H35N3O2. The van der Waals surface area contributed by atoms with E-state index in [0.717, 1.165) is 37.9 Å². The molecule has 1 spiro atoms. The molecule has 1 aromatic rings. The van der Waals surface area contributed by atoms with Crippen molar-refractivity contribution >= 4 is 17.5 Å². The molecule has 1 aliphatic heterocycles. The first kappa shape index (κ1) is 20.7. The standard InChI is InChI=1S/C26H35N3O2/c1-18-6-8-19(9-7-18)28-25(31)23-21-11-10-20(26(21)12-13-26)22(23)24(30)27-14-2-3-15-29-16-4-5-17-29/h6-11,20-23H,2-5,12-17H2,1H3,(H,27,30)(H,28,31)/t20-,21+,22-,23-/m1/s1. The van der Waals surface area contributed by atoms with Crippen LogP contribution in [0, 0.1) is 36.0 Å².